The van der Waals surface area contributed by atoms with Gasteiger partial charge in [-0.15, -0.1) is 11.3 Å². The summed E-state index contributed by atoms with van der Waals surface area (Å²) >= 11 is 7.77. The van der Waals surface area contributed by atoms with E-state index in [0.29, 0.717) is 36.3 Å². The number of carbonyl (C=O) groups is 2. The minimum Gasteiger partial charge on any atom is -0.493 e. The molecule has 0 radical (unpaired) electrons. The molecule has 1 saturated carbocycles. The van der Waals surface area contributed by atoms with Crippen molar-refractivity contribution in [2.75, 3.05) is 19.0 Å². The van der Waals surface area contributed by atoms with Crippen LogP contribution in [0.2, 0.25) is 0 Å². The Kier molecular flexibility index (Phi) is 10.3. The van der Waals surface area contributed by atoms with Crippen molar-refractivity contribution in [1.82, 2.24) is 9.88 Å². The van der Waals surface area contributed by atoms with E-state index in [-0.39, 0.29) is 37.3 Å². The summed E-state index contributed by atoms with van der Waals surface area (Å²) in [5.74, 6) is 0.628. The van der Waals surface area contributed by atoms with Crippen LogP contribution in [0.3, 0.4) is 0 Å². The Morgan fingerprint density at radius 1 is 1.16 bits per heavy atom. The fraction of sp³-hybridized carbons (Fsp3) is 0.355. The largest absolute Gasteiger partial charge is 0.493 e. The molecule has 0 spiro atoms. The van der Waals surface area contributed by atoms with Gasteiger partial charge >= 0.3 is 6.18 Å². The highest BCUT2D eigenvalue weighted by Crippen LogP contribution is 2.36. The Hall–Kier alpha value is -3.42. The Morgan fingerprint density at radius 3 is 2.70 bits per heavy atom. The van der Waals surface area contributed by atoms with Crippen molar-refractivity contribution in [1.29, 1.82) is 0 Å². The number of hydrogen-bond acceptors (Lipinski definition) is 8. The number of benzene rings is 2. The zero-order chi connectivity index (χ0) is 31.3. The highest BCUT2D eigenvalue weighted by Gasteiger charge is 2.32. The molecule has 13 heteroatoms. The molecule has 1 aliphatic carbocycles. The van der Waals surface area contributed by atoms with Gasteiger partial charge < -0.3 is 14.8 Å². The molecule has 2 aromatic carbocycles. The molecule has 3 aromatic rings. The summed E-state index contributed by atoms with van der Waals surface area (Å²) in [5, 5.41) is 3.02. The molecule has 0 unspecified atom stereocenters. The minimum atomic E-state index is -4.42. The predicted molar refractivity (Wildman–Crippen MR) is 170 cm³/mol. The van der Waals surface area contributed by atoms with Gasteiger partial charge in [-0.2, -0.15) is 13.2 Å². The second-order valence-corrected chi connectivity index (χ2v) is 13.2. The van der Waals surface area contributed by atoms with Gasteiger partial charge in [0.1, 0.15) is 4.32 Å². The van der Waals surface area contributed by atoms with Crippen molar-refractivity contribution in [3.63, 3.8) is 0 Å². The maximum atomic E-state index is 13.1. The van der Waals surface area contributed by atoms with Crippen molar-refractivity contribution < 1.29 is 32.2 Å². The van der Waals surface area contributed by atoms with Crippen molar-refractivity contribution in [2.45, 2.75) is 57.2 Å². The second kappa shape index (κ2) is 14.1. The Morgan fingerprint density at radius 2 is 1.95 bits per heavy atom. The molecule has 7 nitrogen and oxygen atoms in total. The Balaban J connectivity index is 1.14. The lowest BCUT2D eigenvalue weighted by Crippen LogP contribution is -2.31. The monoisotopic (exact) mass is 661 g/mol. The number of ether oxygens (including phenoxy) is 2. The van der Waals surface area contributed by atoms with Crippen LogP contribution in [-0.4, -0.2) is 45.8 Å². The third-order valence-electron chi connectivity index (χ3n) is 7.20. The van der Waals surface area contributed by atoms with E-state index in [1.165, 1.54) is 46.7 Å². The second-order valence-electron chi connectivity index (χ2n) is 10.4. The van der Waals surface area contributed by atoms with Crippen LogP contribution >= 0.6 is 35.3 Å². The molecule has 2 amide bonds. The number of carbonyl (C=O) groups excluding carboxylic acids is 2. The van der Waals surface area contributed by atoms with Crippen LogP contribution in [0.1, 0.15) is 60.1 Å². The van der Waals surface area contributed by atoms with Crippen LogP contribution in [0, 0.1) is 0 Å². The maximum absolute atomic E-state index is 13.1. The predicted octanol–water partition coefficient (Wildman–Crippen LogP) is 7.70. The number of anilines is 1. The molecule has 2 aliphatic rings. The molecule has 1 aromatic heterocycles. The molecule has 0 atom stereocenters. The number of thiocarbonyl (C=S) groups is 1. The SMILES string of the molecule is COc1cc(/C=C2\SC(=S)N(CCC(=O)Nc3ncc(Cc4cccc(C(F)(F)F)c4)s3)C2=O)ccc1OC1CCCCC1. The molecule has 1 saturated heterocycles. The average Bonchev–Trinajstić information content (AvgIpc) is 3.54. The summed E-state index contributed by atoms with van der Waals surface area (Å²) in [7, 11) is 1.58. The molecule has 2 heterocycles. The number of nitrogens with one attached hydrogen (secondary N) is 1. The summed E-state index contributed by atoms with van der Waals surface area (Å²) in [4.78, 5) is 32.5. The number of halogens is 3. The van der Waals surface area contributed by atoms with E-state index in [1.54, 1.807) is 19.3 Å². The number of hydrogen-bond donors (Lipinski definition) is 1. The molecular formula is C31H30F3N3O4S3. The van der Waals surface area contributed by atoms with E-state index in [9.17, 15) is 22.8 Å². The van der Waals surface area contributed by atoms with Crippen molar-refractivity contribution >= 4 is 62.7 Å². The number of nitrogens with zero attached hydrogens (tertiary/aromatic N) is 2. The van der Waals surface area contributed by atoms with Crippen molar-refractivity contribution in [2.24, 2.45) is 0 Å². The third-order valence-corrected chi connectivity index (χ3v) is 9.49. The normalized spacial score (nSPS) is 16.9. The van der Waals surface area contributed by atoms with E-state index >= 15 is 0 Å². The van der Waals surface area contributed by atoms with Crippen LogP contribution in [0.5, 0.6) is 11.5 Å². The van der Waals surface area contributed by atoms with Crippen molar-refractivity contribution in [3.05, 3.63) is 75.1 Å². The van der Waals surface area contributed by atoms with E-state index in [1.807, 2.05) is 18.2 Å². The Labute approximate surface area is 266 Å². The molecular weight excluding hydrogens is 632 g/mol. The zero-order valence-electron chi connectivity index (χ0n) is 23.8. The van der Waals surface area contributed by atoms with Gasteiger partial charge in [-0.25, -0.2) is 4.98 Å². The topological polar surface area (TPSA) is 80.8 Å². The number of aromatic nitrogens is 1. The summed E-state index contributed by atoms with van der Waals surface area (Å²) in [6, 6.07) is 10.7. The average molecular weight is 662 g/mol. The van der Waals surface area contributed by atoms with Gasteiger partial charge in [-0.3, -0.25) is 14.5 Å². The lowest BCUT2D eigenvalue weighted by atomic mass is 9.98. The molecule has 232 valence electrons. The van der Waals surface area contributed by atoms with Crippen molar-refractivity contribution in [3.8, 4) is 11.5 Å². The summed E-state index contributed by atoms with van der Waals surface area (Å²) < 4.78 is 51.1. The van der Waals surface area contributed by atoms with Gasteiger partial charge in [0.25, 0.3) is 5.91 Å². The third kappa shape index (κ3) is 8.19. The van der Waals surface area contributed by atoms with E-state index < -0.39 is 11.7 Å². The number of thiazole rings is 1. The first-order chi connectivity index (χ1) is 21.1. The fourth-order valence-electron chi connectivity index (χ4n) is 4.98. The standard InChI is InChI=1S/C31H30F3N3O4S3/c1-40-25-16-20(10-11-24(25)41-22-8-3-2-4-9-22)17-26-28(39)37(30(42)44-26)13-12-27(38)36-29-35-18-23(43-29)15-19-6-5-7-21(14-19)31(32,33)34/h5-7,10-11,14,16-18,22H,2-4,8-9,12-13,15H2,1H3,(H,35,36,38)/b26-17-. The fourth-order valence-corrected chi connectivity index (χ4v) is 7.15. The minimum absolute atomic E-state index is 0.0106. The first kappa shape index (κ1) is 32.0. The highest BCUT2D eigenvalue weighted by atomic mass is 32.2. The molecule has 2 fully saturated rings. The first-order valence-corrected chi connectivity index (χ1v) is 16.1. The van der Waals surface area contributed by atoms with Gasteiger partial charge in [0.05, 0.1) is 23.7 Å². The maximum Gasteiger partial charge on any atom is 0.416 e. The van der Waals surface area contributed by atoms with Crippen LogP contribution in [0.25, 0.3) is 6.08 Å². The molecule has 5 rings (SSSR count). The quantitative estimate of drug-likeness (QED) is 0.176. The number of methoxy groups -OCH3 is 1. The van der Waals surface area contributed by atoms with Crippen LogP contribution in [-0.2, 0) is 22.2 Å². The number of alkyl halides is 3. The number of rotatable bonds is 10. The van der Waals surface area contributed by atoms with Gasteiger partial charge in [0, 0.05) is 30.5 Å². The lowest BCUT2D eigenvalue weighted by Gasteiger charge is -2.24. The molecule has 0 bridgehead atoms. The summed E-state index contributed by atoms with van der Waals surface area (Å²) in [5.41, 5.74) is 0.544. The molecule has 44 heavy (non-hydrogen) atoms. The smallest absolute Gasteiger partial charge is 0.416 e. The molecule has 1 N–H and O–H groups in total. The molecule has 1 aliphatic heterocycles. The lowest BCUT2D eigenvalue weighted by molar-refractivity contribution is -0.137. The van der Waals surface area contributed by atoms with Gasteiger partial charge in [0.15, 0.2) is 16.6 Å². The first-order valence-electron chi connectivity index (χ1n) is 14.1. The van der Waals surface area contributed by atoms with Crippen LogP contribution in [0.4, 0.5) is 18.3 Å². The zero-order valence-corrected chi connectivity index (χ0v) is 26.3. The van der Waals surface area contributed by atoms with Gasteiger partial charge in [-0.1, -0.05) is 54.7 Å². The van der Waals surface area contributed by atoms with E-state index in [2.05, 4.69) is 10.3 Å². The van der Waals surface area contributed by atoms with Gasteiger partial charge in [-0.05, 0) is 61.1 Å². The highest BCUT2D eigenvalue weighted by molar-refractivity contribution is 8.26. The van der Waals surface area contributed by atoms with E-state index in [0.717, 1.165) is 43.4 Å². The van der Waals surface area contributed by atoms with Crippen LogP contribution < -0.4 is 14.8 Å². The number of thioether (sulfide) groups is 1. The Bertz CT molecular complexity index is 1570. The number of amides is 2. The summed E-state index contributed by atoms with van der Waals surface area (Å²) in [6.07, 6.45) is 4.88. The van der Waals surface area contributed by atoms with Gasteiger partial charge in [0.2, 0.25) is 5.91 Å². The van der Waals surface area contributed by atoms with E-state index in [4.69, 9.17) is 21.7 Å². The van der Waals surface area contributed by atoms with Crippen LogP contribution in [0.15, 0.2) is 53.6 Å². The summed E-state index contributed by atoms with van der Waals surface area (Å²) in [6.45, 7) is 0.0911.